The molecule has 0 fully saturated rings. The van der Waals surface area contributed by atoms with E-state index in [-0.39, 0.29) is 5.41 Å². The summed E-state index contributed by atoms with van der Waals surface area (Å²) in [4.78, 5) is 2.46. The standard InChI is InChI=1S/C45H39N/c1-30(2)28-33-14-10-16-37-36(33)26-27-41-38(37)17-11-19-44(41)46(34-22-20-32(21-23-34)31-12-6-5-7-13-31)35-24-25-40-39-15-8-9-18-42(39)45(3,4)43(40)29-35/h5-27,29-30H,28H2,1-4H3. The molecule has 0 N–H and O–H groups in total. The lowest BCUT2D eigenvalue weighted by atomic mass is 9.82. The van der Waals surface area contributed by atoms with E-state index in [4.69, 9.17) is 0 Å². The van der Waals surface area contributed by atoms with Crippen molar-refractivity contribution in [1.82, 2.24) is 0 Å². The van der Waals surface area contributed by atoms with Gasteiger partial charge in [-0.3, -0.25) is 0 Å². The van der Waals surface area contributed by atoms with Crippen molar-refractivity contribution in [2.24, 2.45) is 5.92 Å². The second-order valence-corrected chi connectivity index (χ2v) is 13.7. The molecule has 1 aliphatic carbocycles. The van der Waals surface area contributed by atoms with E-state index in [9.17, 15) is 0 Å². The van der Waals surface area contributed by atoms with Gasteiger partial charge in [-0.15, -0.1) is 0 Å². The van der Waals surface area contributed by atoms with Crippen LogP contribution in [-0.4, -0.2) is 0 Å². The molecule has 0 unspecified atom stereocenters. The van der Waals surface area contributed by atoms with Crippen LogP contribution in [0.4, 0.5) is 17.1 Å². The quantitative estimate of drug-likeness (QED) is 0.173. The van der Waals surface area contributed by atoms with Crippen molar-refractivity contribution in [2.75, 3.05) is 4.90 Å². The minimum absolute atomic E-state index is 0.0768. The van der Waals surface area contributed by atoms with Gasteiger partial charge in [-0.05, 0) is 97.8 Å². The summed E-state index contributed by atoms with van der Waals surface area (Å²) in [7, 11) is 0. The van der Waals surface area contributed by atoms with E-state index in [0.29, 0.717) is 5.92 Å². The van der Waals surface area contributed by atoms with Gasteiger partial charge in [0.2, 0.25) is 0 Å². The van der Waals surface area contributed by atoms with E-state index < -0.39 is 0 Å². The number of hydrogen-bond donors (Lipinski definition) is 0. The molecule has 1 nitrogen and oxygen atoms in total. The maximum absolute atomic E-state index is 2.46. The van der Waals surface area contributed by atoms with Gasteiger partial charge in [0.05, 0.1) is 5.69 Å². The Morgan fingerprint density at radius 3 is 1.91 bits per heavy atom. The average Bonchev–Trinajstić information content (AvgIpc) is 3.31. The molecule has 7 aromatic rings. The van der Waals surface area contributed by atoms with Crippen molar-refractivity contribution >= 4 is 38.6 Å². The van der Waals surface area contributed by atoms with E-state index in [1.165, 1.54) is 71.9 Å². The Kier molecular flexibility index (Phi) is 6.80. The molecule has 0 spiro atoms. The predicted octanol–water partition coefficient (Wildman–Crippen LogP) is 12.6. The Labute approximate surface area is 272 Å². The topological polar surface area (TPSA) is 3.24 Å². The summed E-state index contributed by atoms with van der Waals surface area (Å²) >= 11 is 0. The Hall–Kier alpha value is -5.14. The number of benzene rings is 7. The molecule has 0 radical (unpaired) electrons. The fourth-order valence-electron chi connectivity index (χ4n) is 7.68. The first-order valence-electron chi connectivity index (χ1n) is 16.5. The lowest BCUT2D eigenvalue weighted by molar-refractivity contribution is 0.650. The molecule has 0 saturated heterocycles. The zero-order chi connectivity index (χ0) is 31.4. The maximum atomic E-state index is 2.46. The number of nitrogens with zero attached hydrogens (tertiary/aromatic N) is 1. The highest BCUT2D eigenvalue weighted by atomic mass is 15.1. The van der Waals surface area contributed by atoms with Crippen LogP contribution in [0, 0.1) is 5.92 Å². The summed E-state index contributed by atoms with van der Waals surface area (Å²) in [5.74, 6) is 0.608. The molecule has 0 aromatic heterocycles. The van der Waals surface area contributed by atoms with E-state index in [2.05, 4.69) is 178 Å². The molecule has 224 valence electrons. The summed E-state index contributed by atoms with van der Waals surface area (Å²) < 4.78 is 0. The van der Waals surface area contributed by atoms with Gasteiger partial charge in [-0.25, -0.2) is 0 Å². The first kappa shape index (κ1) is 28.3. The number of rotatable bonds is 6. The Balaban J connectivity index is 1.33. The predicted molar refractivity (Wildman–Crippen MR) is 198 cm³/mol. The van der Waals surface area contributed by atoms with Gasteiger partial charge in [0.25, 0.3) is 0 Å². The van der Waals surface area contributed by atoms with Crippen LogP contribution in [0.3, 0.4) is 0 Å². The molecule has 0 amide bonds. The summed E-state index contributed by atoms with van der Waals surface area (Å²) in [6.07, 6.45) is 1.08. The zero-order valence-electron chi connectivity index (χ0n) is 27.1. The van der Waals surface area contributed by atoms with Crippen LogP contribution in [0.2, 0.25) is 0 Å². The normalized spacial score (nSPS) is 13.2. The second-order valence-electron chi connectivity index (χ2n) is 13.7. The van der Waals surface area contributed by atoms with Gasteiger partial charge in [0.1, 0.15) is 0 Å². The third-order valence-electron chi connectivity index (χ3n) is 9.91. The van der Waals surface area contributed by atoms with E-state index in [1.54, 1.807) is 0 Å². The fourth-order valence-corrected chi connectivity index (χ4v) is 7.68. The summed E-state index contributed by atoms with van der Waals surface area (Å²) in [6, 6.07) is 54.0. The van der Waals surface area contributed by atoms with E-state index in [0.717, 1.165) is 12.1 Å². The van der Waals surface area contributed by atoms with Crippen molar-refractivity contribution in [3.8, 4) is 22.3 Å². The maximum Gasteiger partial charge on any atom is 0.0540 e. The van der Waals surface area contributed by atoms with E-state index in [1.807, 2.05) is 0 Å². The first-order chi connectivity index (χ1) is 22.4. The van der Waals surface area contributed by atoms with Crippen molar-refractivity contribution in [1.29, 1.82) is 0 Å². The minimum Gasteiger partial charge on any atom is -0.310 e. The smallest absolute Gasteiger partial charge is 0.0540 e. The molecule has 1 heteroatoms. The Bertz CT molecular complexity index is 2220. The molecular formula is C45H39N. The number of fused-ring (bicyclic) bond motifs is 6. The van der Waals surface area contributed by atoms with Crippen LogP contribution in [-0.2, 0) is 11.8 Å². The summed E-state index contributed by atoms with van der Waals surface area (Å²) in [6.45, 7) is 9.32. The number of anilines is 3. The second kappa shape index (κ2) is 11.0. The minimum atomic E-state index is -0.0768. The monoisotopic (exact) mass is 593 g/mol. The average molecular weight is 594 g/mol. The fraction of sp³-hybridized carbons (Fsp3) is 0.156. The van der Waals surface area contributed by atoms with Crippen LogP contribution in [0.25, 0.3) is 43.8 Å². The molecule has 7 aromatic carbocycles. The molecule has 8 rings (SSSR count). The summed E-state index contributed by atoms with van der Waals surface area (Å²) in [5, 5.41) is 5.23. The van der Waals surface area contributed by atoms with Crippen molar-refractivity contribution in [3.63, 3.8) is 0 Å². The zero-order valence-corrected chi connectivity index (χ0v) is 27.1. The molecular weight excluding hydrogens is 555 g/mol. The molecule has 0 saturated carbocycles. The molecule has 1 aliphatic rings. The highest BCUT2D eigenvalue weighted by Gasteiger charge is 2.35. The van der Waals surface area contributed by atoms with Gasteiger partial charge in [-0.2, -0.15) is 0 Å². The largest absolute Gasteiger partial charge is 0.310 e. The first-order valence-corrected chi connectivity index (χ1v) is 16.5. The highest BCUT2D eigenvalue weighted by molar-refractivity contribution is 6.13. The van der Waals surface area contributed by atoms with Crippen molar-refractivity contribution in [2.45, 2.75) is 39.5 Å². The van der Waals surface area contributed by atoms with Crippen molar-refractivity contribution < 1.29 is 0 Å². The Morgan fingerprint density at radius 1 is 0.500 bits per heavy atom. The van der Waals surface area contributed by atoms with Crippen LogP contribution in [0.15, 0.2) is 146 Å². The van der Waals surface area contributed by atoms with Crippen molar-refractivity contribution in [3.05, 3.63) is 162 Å². The lowest BCUT2D eigenvalue weighted by Crippen LogP contribution is -2.16. The SMILES string of the molecule is CC(C)Cc1cccc2c1ccc1c(N(c3ccc(-c4ccccc4)cc3)c3ccc4c(c3)C(C)(C)c3ccccc3-4)cccc12. The molecule has 46 heavy (non-hydrogen) atoms. The highest BCUT2D eigenvalue weighted by Crippen LogP contribution is 2.51. The van der Waals surface area contributed by atoms with Gasteiger partial charge in [0.15, 0.2) is 0 Å². The van der Waals surface area contributed by atoms with E-state index >= 15 is 0 Å². The molecule has 0 aliphatic heterocycles. The van der Waals surface area contributed by atoms with Crippen LogP contribution >= 0.6 is 0 Å². The molecule has 0 atom stereocenters. The molecule has 0 heterocycles. The lowest BCUT2D eigenvalue weighted by Gasteiger charge is -2.29. The van der Waals surface area contributed by atoms with Crippen LogP contribution in [0.5, 0.6) is 0 Å². The third kappa shape index (κ3) is 4.62. The third-order valence-corrected chi connectivity index (χ3v) is 9.91. The van der Waals surface area contributed by atoms with Gasteiger partial charge < -0.3 is 4.90 Å². The molecule has 0 bridgehead atoms. The van der Waals surface area contributed by atoms with Gasteiger partial charge >= 0.3 is 0 Å². The van der Waals surface area contributed by atoms with Crippen LogP contribution < -0.4 is 4.90 Å². The van der Waals surface area contributed by atoms with Gasteiger partial charge in [-0.1, -0.05) is 143 Å². The number of hydrogen-bond acceptors (Lipinski definition) is 1. The Morgan fingerprint density at radius 2 is 1.13 bits per heavy atom. The van der Waals surface area contributed by atoms with Gasteiger partial charge in [0, 0.05) is 22.2 Å². The summed E-state index contributed by atoms with van der Waals surface area (Å²) in [5.41, 5.74) is 12.8. The van der Waals surface area contributed by atoms with Crippen LogP contribution in [0.1, 0.15) is 44.4 Å².